The van der Waals surface area contributed by atoms with Crippen molar-refractivity contribution in [2.45, 2.75) is 31.2 Å². The summed E-state index contributed by atoms with van der Waals surface area (Å²) in [5.41, 5.74) is 0. The zero-order valence-corrected chi connectivity index (χ0v) is 7.22. The first-order valence-corrected chi connectivity index (χ1v) is 3.46. The van der Waals surface area contributed by atoms with Crippen LogP contribution in [-0.2, 0) is 4.74 Å². The minimum absolute atomic E-state index is 0.251. The molecular formula is C6H6F8O. The second-order valence-corrected chi connectivity index (χ2v) is 2.77. The number of ether oxygens (including phenoxy) is 1. The minimum Gasteiger partial charge on any atom is -0.299 e. The van der Waals surface area contributed by atoms with E-state index in [4.69, 9.17) is 0 Å². The van der Waals surface area contributed by atoms with Gasteiger partial charge in [0.2, 0.25) is 6.10 Å². The minimum atomic E-state index is -5.71. The first-order chi connectivity index (χ1) is 6.40. The third-order valence-electron chi connectivity index (χ3n) is 1.20. The van der Waals surface area contributed by atoms with Crippen molar-refractivity contribution < 1.29 is 39.9 Å². The monoisotopic (exact) mass is 246 g/mol. The van der Waals surface area contributed by atoms with Gasteiger partial charge in [0.25, 0.3) is 5.92 Å². The molecule has 0 amide bonds. The van der Waals surface area contributed by atoms with Gasteiger partial charge in [0.1, 0.15) is 0 Å². The smallest absolute Gasteiger partial charge is 0.299 e. The quantitative estimate of drug-likeness (QED) is 0.692. The molecule has 0 radical (unpaired) electrons. The van der Waals surface area contributed by atoms with Crippen molar-refractivity contribution in [2.24, 2.45) is 0 Å². The van der Waals surface area contributed by atoms with Gasteiger partial charge in [0, 0.05) is 6.92 Å². The van der Waals surface area contributed by atoms with Crippen LogP contribution in [0.15, 0.2) is 0 Å². The first-order valence-electron chi connectivity index (χ1n) is 3.46. The van der Waals surface area contributed by atoms with Crippen molar-refractivity contribution in [1.29, 1.82) is 0 Å². The van der Waals surface area contributed by atoms with Crippen LogP contribution in [0, 0.1) is 0 Å². The van der Waals surface area contributed by atoms with Gasteiger partial charge in [0.05, 0.1) is 0 Å². The second-order valence-electron chi connectivity index (χ2n) is 2.77. The molecule has 0 saturated carbocycles. The number of hydrogen-bond acceptors (Lipinski definition) is 1. The van der Waals surface area contributed by atoms with E-state index in [0.29, 0.717) is 0 Å². The molecule has 0 aliphatic rings. The fourth-order valence-corrected chi connectivity index (χ4v) is 0.662. The zero-order valence-electron chi connectivity index (χ0n) is 7.22. The molecule has 0 fully saturated rings. The van der Waals surface area contributed by atoms with Gasteiger partial charge in [-0.3, -0.25) is 4.74 Å². The Hall–Kier alpha value is -0.600. The molecule has 0 spiro atoms. The Morgan fingerprint density at radius 1 is 1.00 bits per heavy atom. The Morgan fingerprint density at radius 2 is 1.40 bits per heavy atom. The molecule has 0 saturated heterocycles. The van der Waals surface area contributed by atoms with Gasteiger partial charge in [0.15, 0.2) is 6.67 Å². The highest BCUT2D eigenvalue weighted by Gasteiger charge is 2.58. The molecular weight excluding hydrogens is 240 g/mol. The van der Waals surface area contributed by atoms with Crippen LogP contribution in [-0.4, -0.2) is 31.0 Å². The molecule has 1 unspecified atom stereocenters. The molecule has 0 rings (SSSR count). The molecule has 0 heterocycles. The van der Waals surface area contributed by atoms with Crippen LogP contribution < -0.4 is 0 Å². The van der Waals surface area contributed by atoms with Gasteiger partial charge in [-0.25, -0.2) is 13.2 Å². The predicted octanol–water partition coefficient (Wildman–Crippen LogP) is 3.15. The van der Waals surface area contributed by atoms with E-state index in [1.54, 1.807) is 0 Å². The molecule has 1 nitrogen and oxygen atoms in total. The summed E-state index contributed by atoms with van der Waals surface area (Å²) in [5.74, 6) is -4.59. The lowest BCUT2D eigenvalue weighted by atomic mass is 10.2. The highest BCUT2D eigenvalue weighted by molar-refractivity contribution is 4.81. The van der Waals surface area contributed by atoms with Gasteiger partial charge in [-0.15, -0.1) is 0 Å². The van der Waals surface area contributed by atoms with Crippen molar-refractivity contribution in [3.8, 4) is 0 Å². The highest BCUT2D eigenvalue weighted by Crippen LogP contribution is 2.37. The number of hydrogen-bond donors (Lipinski definition) is 0. The second kappa shape index (κ2) is 4.11. The summed E-state index contributed by atoms with van der Waals surface area (Å²) in [6, 6.07) is 0. The van der Waals surface area contributed by atoms with Crippen LogP contribution in [0.2, 0.25) is 0 Å². The fourth-order valence-electron chi connectivity index (χ4n) is 0.662. The zero-order chi connectivity index (χ0) is 12.5. The normalized spacial score (nSPS) is 16.6. The molecule has 0 aromatic heterocycles. The molecule has 9 heteroatoms. The maximum atomic E-state index is 12.2. The topological polar surface area (TPSA) is 9.23 Å². The van der Waals surface area contributed by atoms with Gasteiger partial charge >= 0.3 is 12.3 Å². The standard InChI is InChI=1S/C6H6F8O/c1-4(8,9)3(6(12,13)14)15-5(10,11)2-7/h3H,2H2,1H3. The van der Waals surface area contributed by atoms with E-state index in [-0.39, 0.29) is 6.92 Å². The Balaban J connectivity index is 4.85. The van der Waals surface area contributed by atoms with Crippen LogP contribution in [0.1, 0.15) is 6.92 Å². The lowest BCUT2D eigenvalue weighted by Crippen LogP contribution is -2.49. The summed E-state index contributed by atoms with van der Waals surface area (Å²) in [4.78, 5) is 0. The van der Waals surface area contributed by atoms with E-state index in [9.17, 15) is 35.1 Å². The Labute approximate surface area is 79.0 Å². The van der Waals surface area contributed by atoms with Gasteiger partial charge in [-0.05, 0) is 0 Å². The van der Waals surface area contributed by atoms with E-state index in [2.05, 4.69) is 4.74 Å². The number of alkyl halides is 8. The SMILES string of the molecule is CC(F)(F)C(OC(F)(F)CF)C(F)(F)F. The van der Waals surface area contributed by atoms with Gasteiger partial charge < -0.3 is 0 Å². The average molecular weight is 246 g/mol. The summed E-state index contributed by atoms with van der Waals surface area (Å²) in [6.07, 6.45) is -14.6. The molecule has 0 aliphatic carbocycles. The number of rotatable bonds is 4. The van der Waals surface area contributed by atoms with Crippen LogP contribution in [0.3, 0.4) is 0 Å². The van der Waals surface area contributed by atoms with Crippen molar-refractivity contribution in [3.63, 3.8) is 0 Å². The van der Waals surface area contributed by atoms with E-state index >= 15 is 0 Å². The van der Waals surface area contributed by atoms with E-state index < -0.39 is 31.0 Å². The average Bonchev–Trinajstić information content (AvgIpc) is 1.96. The molecule has 1 atom stereocenters. The van der Waals surface area contributed by atoms with Crippen molar-refractivity contribution >= 4 is 0 Å². The lowest BCUT2D eigenvalue weighted by Gasteiger charge is -2.28. The maximum absolute atomic E-state index is 12.2. The molecule has 0 bridgehead atoms. The maximum Gasteiger partial charge on any atom is 0.420 e. The summed E-state index contributed by atoms with van der Waals surface area (Å²) >= 11 is 0. The third kappa shape index (κ3) is 4.63. The van der Waals surface area contributed by atoms with Crippen LogP contribution in [0.25, 0.3) is 0 Å². The van der Waals surface area contributed by atoms with Crippen LogP contribution in [0.5, 0.6) is 0 Å². The van der Waals surface area contributed by atoms with Crippen molar-refractivity contribution in [3.05, 3.63) is 0 Å². The van der Waals surface area contributed by atoms with Gasteiger partial charge in [-0.1, -0.05) is 0 Å². The largest absolute Gasteiger partial charge is 0.420 e. The Kier molecular flexibility index (Phi) is 3.94. The molecule has 0 aliphatic heterocycles. The summed E-state index contributed by atoms with van der Waals surface area (Å²) in [7, 11) is 0. The van der Waals surface area contributed by atoms with Crippen molar-refractivity contribution in [1.82, 2.24) is 0 Å². The van der Waals surface area contributed by atoms with Crippen molar-refractivity contribution in [2.75, 3.05) is 6.67 Å². The fraction of sp³-hybridized carbons (Fsp3) is 1.00. The van der Waals surface area contributed by atoms with E-state index in [0.717, 1.165) is 0 Å². The number of halogens is 8. The molecule has 0 N–H and O–H groups in total. The Bertz CT molecular complexity index is 190. The summed E-state index contributed by atoms with van der Waals surface area (Å²) < 4.78 is 98.2. The Morgan fingerprint density at radius 3 is 1.60 bits per heavy atom. The third-order valence-corrected chi connectivity index (χ3v) is 1.20. The van der Waals surface area contributed by atoms with E-state index in [1.807, 2.05) is 0 Å². The van der Waals surface area contributed by atoms with E-state index in [1.165, 1.54) is 0 Å². The summed E-state index contributed by atoms with van der Waals surface area (Å²) in [5, 5.41) is 0. The first kappa shape index (κ1) is 14.4. The summed E-state index contributed by atoms with van der Waals surface area (Å²) in [6.45, 7) is -2.87. The molecule has 15 heavy (non-hydrogen) atoms. The van der Waals surface area contributed by atoms with Crippen LogP contribution >= 0.6 is 0 Å². The highest BCUT2D eigenvalue weighted by atomic mass is 19.4. The molecule has 92 valence electrons. The van der Waals surface area contributed by atoms with Crippen LogP contribution in [0.4, 0.5) is 35.1 Å². The van der Waals surface area contributed by atoms with Gasteiger partial charge in [-0.2, -0.15) is 22.0 Å². The molecule has 0 aromatic carbocycles. The molecule has 0 aromatic rings. The predicted molar refractivity (Wildman–Crippen MR) is 32.5 cm³/mol. The lowest BCUT2D eigenvalue weighted by molar-refractivity contribution is -0.364.